The average Bonchev–Trinajstić information content (AvgIpc) is 2.49. The maximum absolute atomic E-state index is 13.0. The van der Waals surface area contributed by atoms with Crippen molar-refractivity contribution in [2.75, 3.05) is 5.75 Å². The van der Waals surface area contributed by atoms with E-state index in [1.807, 2.05) is 0 Å². The second-order valence-corrected chi connectivity index (χ2v) is 10.3. The first-order valence-electron chi connectivity index (χ1n) is 7.46. The van der Waals surface area contributed by atoms with Crippen LogP contribution in [0, 0.1) is 20.8 Å². The normalized spacial score (nSPS) is 17.2. The minimum absolute atomic E-state index is 0.124. The molecule has 0 aromatic heterocycles. The third-order valence-corrected chi connectivity index (χ3v) is 8.65. The number of rotatable bonds is 2. The number of sulfone groups is 2. The lowest BCUT2D eigenvalue weighted by Gasteiger charge is -2.23. The Balaban J connectivity index is 2.45. The highest BCUT2D eigenvalue weighted by Crippen LogP contribution is 2.42. The number of thiol groups is 1. The molecule has 4 nitrogen and oxygen atoms in total. The fourth-order valence-corrected chi connectivity index (χ4v) is 7.55. The lowest BCUT2D eigenvalue weighted by Crippen LogP contribution is -2.21. The van der Waals surface area contributed by atoms with Gasteiger partial charge in [-0.15, -0.1) is 0 Å². The Kier molecular flexibility index (Phi) is 4.09. The first-order valence-corrected chi connectivity index (χ1v) is 11.1. The summed E-state index contributed by atoms with van der Waals surface area (Å²) in [6.07, 6.45) is 0.581. The van der Waals surface area contributed by atoms with Crippen LogP contribution in [0.15, 0.2) is 43.8 Å². The summed E-state index contributed by atoms with van der Waals surface area (Å²) in [4.78, 5) is -0.502. The molecule has 7 heteroatoms. The molecule has 0 fully saturated rings. The molecule has 0 spiro atoms. The topological polar surface area (TPSA) is 68.3 Å². The molecule has 0 saturated carbocycles. The summed E-state index contributed by atoms with van der Waals surface area (Å²) < 4.78 is 52.0. The molecular formula is C17H18O4S3. The van der Waals surface area contributed by atoms with Gasteiger partial charge in [-0.3, -0.25) is 0 Å². The van der Waals surface area contributed by atoms with Gasteiger partial charge in [-0.05, 0) is 79.5 Å². The van der Waals surface area contributed by atoms with Crippen LogP contribution in [0.2, 0.25) is 0 Å². The molecular weight excluding hydrogens is 364 g/mol. The zero-order valence-electron chi connectivity index (χ0n) is 13.6. The summed E-state index contributed by atoms with van der Waals surface area (Å²) >= 11 is 4.18. The number of aryl methyl sites for hydroxylation is 4. The van der Waals surface area contributed by atoms with Crippen LogP contribution in [-0.4, -0.2) is 22.6 Å². The van der Waals surface area contributed by atoms with Crippen molar-refractivity contribution in [1.29, 1.82) is 0 Å². The van der Waals surface area contributed by atoms with Gasteiger partial charge in [0.25, 0.3) is 0 Å². The molecule has 0 atom stereocenters. The van der Waals surface area contributed by atoms with Crippen molar-refractivity contribution in [3.05, 3.63) is 46.5 Å². The minimum atomic E-state index is -3.87. The molecule has 0 unspecified atom stereocenters. The second-order valence-electron chi connectivity index (χ2n) is 6.09. The summed E-state index contributed by atoms with van der Waals surface area (Å²) in [5.41, 5.74) is 3.06. The average molecular weight is 383 g/mol. The van der Waals surface area contributed by atoms with Crippen molar-refractivity contribution in [2.24, 2.45) is 0 Å². The van der Waals surface area contributed by atoms with Gasteiger partial charge in [0.1, 0.15) is 0 Å². The predicted molar refractivity (Wildman–Crippen MR) is 95.6 cm³/mol. The fraction of sp³-hybridized carbons (Fsp3) is 0.294. The van der Waals surface area contributed by atoms with Crippen LogP contribution in [-0.2, 0) is 26.1 Å². The number of hydrogen-bond acceptors (Lipinski definition) is 5. The Morgan fingerprint density at radius 2 is 1.08 bits per heavy atom. The van der Waals surface area contributed by atoms with Crippen molar-refractivity contribution in [1.82, 2.24) is 0 Å². The summed E-state index contributed by atoms with van der Waals surface area (Å²) in [7, 11) is -7.74. The van der Waals surface area contributed by atoms with Gasteiger partial charge in [0, 0.05) is 0 Å². The Bertz CT molecular complexity index is 1070. The number of benzene rings is 2. The van der Waals surface area contributed by atoms with Gasteiger partial charge in [-0.25, -0.2) is 16.8 Å². The van der Waals surface area contributed by atoms with Crippen molar-refractivity contribution in [3.63, 3.8) is 0 Å². The standard InChI is InChI=1S/C17H18O4S3/c1-10-6-14-15(7-11(10)2)24(20,21)17-9-13(4-5-22)12(3)8-16(17)23(14,18)19/h6-9,22H,4-5H2,1-3H3. The molecule has 3 rings (SSSR count). The van der Waals surface area contributed by atoms with E-state index in [-0.39, 0.29) is 19.6 Å². The monoisotopic (exact) mass is 382 g/mol. The van der Waals surface area contributed by atoms with E-state index in [9.17, 15) is 16.8 Å². The van der Waals surface area contributed by atoms with Gasteiger partial charge in [-0.2, -0.15) is 12.6 Å². The highest BCUT2D eigenvalue weighted by Gasteiger charge is 2.40. The predicted octanol–water partition coefficient (Wildman–Crippen LogP) is 3.06. The molecule has 128 valence electrons. The van der Waals surface area contributed by atoms with E-state index < -0.39 is 19.7 Å². The first-order chi connectivity index (χ1) is 11.1. The van der Waals surface area contributed by atoms with Crippen molar-refractivity contribution < 1.29 is 16.8 Å². The van der Waals surface area contributed by atoms with Crippen LogP contribution in [0.4, 0.5) is 0 Å². The molecule has 1 aliphatic rings. The van der Waals surface area contributed by atoms with E-state index in [0.29, 0.717) is 12.2 Å². The first kappa shape index (κ1) is 17.5. The fourth-order valence-electron chi connectivity index (χ4n) is 2.93. The largest absolute Gasteiger partial charge is 0.218 e. The molecule has 1 aliphatic heterocycles. The van der Waals surface area contributed by atoms with E-state index in [1.165, 1.54) is 24.3 Å². The molecule has 0 radical (unpaired) electrons. The van der Waals surface area contributed by atoms with Gasteiger partial charge in [0.2, 0.25) is 19.7 Å². The van der Waals surface area contributed by atoms with E-state index >= 15 is 0 Å². The molecule has 0 bridgehead atoms. The van der Waals surface area contributed by atoms with E-state index in [4.69, 9.17) is 0 Å². The van der Waals surface area contributed by atoms with Crippen LogP contribution in [0.1, 0.15) is 22.3 Å². The lowest BCUT2D eigenvalue weighted by atomic mass is 10.1. The van der Waals surface area contributed by atoms with Gasteiger partial charge < -0.3 is 0 Å². The molecule has 0 saturated heterocycles. The van der Waals surface area contributed by atoms with E-state index in [1.54, 1.807) is 20.8 Å². The maximum Gasteiger partial charge on any atom is 0.209 e. The van der Waals surface area contributed by atoms with Crippen LogP contribution in [0.3, 0.4) is 0 Å². The third-order valence-electron chi connectivity index (χ3n) is 4.50. The summed E-state index contributed by atoms with van der Waals surface area (Å²) in [5.74, 6) is 0.557. The number of hydrogen-bond donors (Lipinski definition) is 1. The molecule has 24 heavy (non-hydrogen) atoms. The molecule has 0 N–H and O–H groups in total. The molecule has 0 aliphatic carbocycles. The maximum atomic E-state index is 13.0. The van der Waals surface area contributed by atoms with Gasteiger partial charge >= 0.3 is 0 Å². The van der Waals surface area contributed by atoms with E-state index in [0.717, 1.165) is 22.3 Å². The third kappa shape index (κ3) is 2.41. The van der Waals surface area contributed by atoms with Gasteiger partial charge in [-0.1, -0.05) is 0 Å². The Morgan fingerprint density at radius 1 is 0.708 bits per heavy atom. The Morgan fingerprint density at radius 3 is 1.50 bits per heavy atom. The quantitative estimate of drug-likeness (QED) is 0.692. The highest BCUT2D eigenvalue weighted by molar-refractivity contribution is 7.97. The lowest BCUT2D eigenvalue weighted by molar-refractivity contribution is 0.569. The highest BCUT2D eigenvalue weighted by atomic mass is 32.2. The zero-order chi connectivity index (χ0) is 17.9. The van der Waals surface area contributed by atoms with Crippen molar-refractivity contribution >= 4 is 32.3 Å². The summed E-state index contributed by atoms with van der Waals surface area (Å²) in [5, 5.41) is 0. The second kappa shape index (κ2) is 5.61. The summed E-state index contributed by atoms with van der Waals surface area (Å²) in [6, 6.07) is 5.88. The molecule has 2 aromatic carbocycles. The van der Waals surface area contributed by atoms with Crippen LogP contribution < -0.4 is 0 Å². The molecule has 2 aromatic rings. The van der Waals surface area contributed by atoms with Crippen LogP contribution in [0.5, 0.6) is 0 Å². The molecule has 0 amide bonds. The van der Waals surface area contributed by atoms with Crippen LogP contribution in [0.25, 0.3) is 0 Å². The van der Waals surface area contributed by atoms with Crippen molar-refractivity contribution in [3.8, 4) is 0 Å². The smallest absolute Gasteiger partial charge is 0.209 e. The SMILES string of the molecule is Cc1cc2c(cc1C)S(=O)(=O)c1cc(CCS)c(C)cc1S2(=O)=O. The Labute approximate surface area is 148 Å². The van der Waals surface area contributed by atoms with E-state index in [2.05, 4.69) is 12.6 Å². The Hall–Kier alpha value is -1.31. The minimum Gasteiger partial charge on any atom is -0.218 e. The van der Waals surface area contributed by atoms with Crippen LogP contribution >= 0.6 is 12.6 Å². The van der Waals surface area contributed by atoms with Gasteiger partial charge in [0.15, 0.2) is 0 Å². The molecule has 1 heterocycles. The number of fused-ring (bicyclic) bond motifs is 2. The van der Waals surface area contributed by atoms with Gasteiger partial charge in [0.05, 0.1) is 19.6 Å². The summed E-state index contributed by atoms with van der Waals surface area (Å²) in [6.45, 7) is 5.33. The zero-order valence-corrected chi connectivity index (χ0v) is 16.1. The van der Waals surface area contributed by atoms with Crippen molar-refractivity contribution in [2.45, 2.75) is 46.8 Å².